The SMILES string of the molecule is Cc1ccc(-c2nc3[nH]c(CNc4ccccc4Cl)cc(=O)n3n2)cc1. The van der Waals surface area contributed by atoms with E-state index in [1.165, 1.54) is 10.6 Å². The molecular weight excluding hydrogens is 350 g/mol. The van der Waals surface area contributed by atoms with Gasteiger partial charge in [-0.05, 0) is 19.1 Å². The number of aryl methyl sites for hydroxylation is 1. The van der Waals surface area contributed by atoms with Crippen molar-refractivity contribution in [3.63, 3.8) is 0 Å². The highest BCUT2D eigenvalue weighted by Crippen LogP contribution is 2.21. The highest BCUT2D eigenvalue weighted by Gasteiger charge is 2.10. The van der Waals surface area contributed by atoms with Crippen LogP contribution in [0.4, 0.5) is 5.69 Å². The van der Waals surface area contributed by atoms with Gasteiger partial charge in [-0.3, -0.25) is 4.79 Å². The number of halogens is 1. The molecule has 2 aromatic carbocycles. The first-order chi connectivity index (χ1) is 12.6. The Labute approximate surface area is 154 Å². The minimum absolute atomic E-state index is 0.236. The van der Waals surface area contributed by atoms with Gasteiger partial charge in [0.1, 0.15) is 0 Å². The molecule has 2 N–H and O–H groups in total. The molecule has 6 nitrogen and oxygen atoms in total. The van der Waals surface area contributed by atoms with Crippen molar-refractivity contribution in [2.24, 2.45) is 0 Å². The standard InChI is InChI=1S/C19H16ClN5O/c1-12-6-8-13(9-7-12)18-23-19-22-14(10-17(26)25(19)24-18)11-21-16-5-3-2-4-15(16)20/h2-10,21H,11H2,1H3,(H,22,23,24). The molecule has 0 radical (unpaired) electrons. The highest BCUT2D eigenvalue weighted by atomic mass is 35.5. The number of nitrogens with zero attached hydrogens (tertiary/aromatic N) is 3. The predicted molar refractivity (Wildman–Crippen MR) is 103 cm³/mol. The van der Waals surface area contributed by atoms with Crippen molar-refractivity contribution in [2.45, 2.75) is 13.5 Å². The zero-order chi connectivity index (χ0) is 18.1. The van der Waals surface area contributed by atoms with Crippen LogP contribution in [0.2, 0.25) is 5.02 Å². The summed E-state index contributed by atoms with van der Waals surface area (Å²) in [6.07, 6.45) is 0. The molecule has 0 amide bonds. The van der Waals surface area contributed by atoms with Crippen LogP contribution in [0.5, 0.6) is 0 Å². The highest BCUT2D eigenvalue weighted by molar-refractivity contribution is 6.33. The van der Waals surface area contributed by atoms with E-state index in [0.29, 0.717) is 28.9 Å². The molecule has 0 unspecified atom stereocenters. The number of fused-ring (bicyclic) bond motifs is 1. The maximum Gasteiger partial charge on any atom is 0.275 e. The molecule has 26 heavy (non-hydrogen) atoms. The summed E-state index contributed by atoms with van der Waals surface area (Å²) >= 11 is 6.14. The molecule has 0 aliphatic heterocycles. The van der Waals surface area contributed by atoms with Crippen LogP contribution in [0.15, 0.2) is 59.4 Å². The fraction of sp³-hybridized carbons (Fsp3) is 0.105. The van der Waals surface area contributed by atoms with E-state index in [4.69, 9.17) is 11.6 Å². The fourth-order valence-electron chi connectivity index (χ4n) is 2.65. The Morgan fingerprint density at radius 3 is 2.69 bits per heavy atom. The van der Waals surface area contributed by atoms with Gasteiger partial charge >= 0.3 is 0 Å². The number of H-pyrrole nitrogens is 1. The van der Waals surface area contributed by atoms with Crippen molar-refractivity contribution in [3.8, 4) is 11.4 Å². The third-order valence-corrected chi connectivity index (χ3v) is 4.37. The smallest absolute Gasteiger partial charge is 0.275 e. The van der Waals surface area contributed by atoms with Crippen LogP contribution in [0.25, 0.3) is 17.2 Å². The summed E-state index contributed by atoms with van der Waals surface area (Å²) in [6.45, 7) is 2.44. The van der Waals surface area contributed by atoms with Crippen LogP contribution >= 0.6 is 11.6 Å². The van der Waals surface area contributed by atoms with E-state index < -0.39 is 0 Å². The summed E-state index contributed by atoms with van der Waals surface area (Å²) in [6, 6.07) is 16.8. The summed E-state index contributed by atoms with van der Waals surface area (Å²) < 4.78 is 1.27. The lowest BCUT2D eigenvalue weighted by Crippen LogP contribution is -2.17. The number of aromatic nitrogens is 4. The zero-order valence-corrected chi connectivity index (χ0v) is 14.8. The summed E-state index contributed by atoms with van der Waals surface area (Å²) in [5.74, 6) is 0.915. The maximum atomic E-state index is 12.4. The number of aromatic amines is 1. The van der Waals surface area contributed by atoms with Crippen molar-refractivity contribution in [3.05, 3.63) is 81.2 Å². The van der Waals surface area contributed by atoms with Gasteiger partial charge in [0.15, 0.2) is 5.82 Å². The molecule has 0 saturated carbocycles. The van der Waals surface area contributed by atoms with Crippen molar-refractivity contribution < 1.29 is 0 Å². The van der Waals surface area contributed by atoms with Crippen LogP contribution in [0, 0.1) is 6.92 Å². The number of para-hydroxylation sites is 1. The van der Waals surface area contributed by atoms with Gasteiger partial charge in [0, 0.05) is 17.3 Å². The van der Waals surface area contributed by atoms with E-state index >= 15 is 0 Å². The van der Waals surface area contributed by atoms with Gasteiger partial charge in [-0.1, -0.05) is 53.6 Å². The lowest BCUT2D eigenvalue weighted by Gasteiger charge is -2.08. The number of anilines is 1. The quantitative estimate of drug-likeness (QED) is 0.578. The molecule has 130 valence electrons. The van der Waals surface area contributed by atoms with Crippen molar-refractivity contribution >= 4 is 23.1 Å². The molecule has 0 saturated heterocycles. The minimum atomic E-state index is -0.236. The van der Waals surface area contributed by atoms with Gasteiger partial charge in [0.25, 0.3) is 5.56 Å². The van der Waals surface area contributed by atoms with Gasteiger partial charge < -0.3 is 10.3 Å². The molecule has 0 spiro atoms. The average Bonchev–Trinajstić information content (AvgIpc) is 3.06. The van der Waals surface area contributed by atoms with Gasteiger partial charge in [-0.15, -0.1) is 5.10 Å². The van der Waals surface area contributed by atoms with E-state index in [0.717, 1.165) is 16.8 Å². The largest absolute Gasteiger partial charge is 0.378 e. The molecule has 0 aliphatic carbocycles. The Bertz CT molecular complexity index is 1130. The number of rotatable bonds is 4. The molecule has 2 heterocycles. The van der Waals surface area contributed by atoms with Crippen molar-refractivity contribution in [1.29, 1.82) is 0 Å². The molecule has 0 aliphatic rings. The molecule has 2 aromatic heterocycles. The monoisotopic (exact) mass is 365 g/mol. The van der Waals surface area contributed by atoms with E-state index in [2.05, 4.69) is 20.4 Å². The Morgan fingerprint density at radius 1 is 1.15 bits per heavy atom. The minimum Gasteiger partial charge on any atom is -0.378 e. The van der Waals surface area contributed by atoms with E-state index in [1.807, 2.05) is 55.5 Å². The molecule has 0 bridgehead atoms. The third kappa shape index (κ3) is 3.19. The Balaban J connectivity index is 1.65. The topological polar surface area (TPSA) is 75.1 Å². The summed E-state index contributed by atoms with van der Waals surface area (Å²) in [7, 11) is 0. The average molecular weight is 366 g/mol. The van der Waals surface area contributed by atoms with Crippen LogP contribution in [0.1, 0.15) is 11.3 Å². The second-order valence-corrected chi connectivity index (χ2v) is 6.41. The molecular formula is C19H16ClN5O. The second kappa shape index (κ2) is 6.65. The van der Waals surface area contributed by atoms with E-state index in [-0.39, 0.29) is 5.56 Å². The lowest BCUT2D eigenvalue weighted by atomic mass is 10.1. The second-order valence-electron chi connectivity index (χ2n) is 6.00. The first kappa shape index (κ1) is 16.4. The summed E-state index contributed by atoms with van der Waals surface area (Å²) in [5.41, 5.74) is 3.28. The lowest BCUT2D eigenvalue weighted by molar-refractivity contribution is 0.879. The summed E-state index contributed by atoms with van der Waals surface area (Å²) in [4.78, 5) is 20.0. The first-order valence-corrected chi connectivity index (χ1v) is 8.52. The molecule has 4 rings (SSSR count). The Kier molecular flexibility index (Phi) is 4.18. The molecule has 4 aromatic rings. The normalized spacial score (nSPS) is 11.0. The van der Waals surface area contributed by atoms with Crippen molar-refractivity contribution in [1.82, 2.24) is 19.6 Å². The van der Waals surface area contributed by atoms with Crippen LogP contribution in [-0.4, -0.2) is 19.6 Å². The van der Waals surface area contributed by atoms with Crippen molar-refractivity contribution in [2.75, 3.05) is 5.32 Å². The van der Waals surface area contributed by atoms with Crippen LogP contribution in [0.3, 0.4) is 0 Å². The van der Waals surface area contributed by atoms with E-state index in [9.17, 15) is 4.79 Å². The molecule has 7 heteroatoms. The zero-order valence-electron chi connectivity index (χ0n) is 14.0. The molecule has 0 atom stereocenters. The number of hydrogen-bond donors (Lipinski definition) is 2. The maximum absolute atomic E-state index is 12.4. The summed E-state index contributed by atoms with van der Waals surface area (Å²) in [5, 5.41) is 8.14. The fourth-order valence-corrected chi connectivity index (χ4v) is 2.85. The number of hydrogen-bond acceptors (Lipinski definition) is 4. The predicted octanol–water partition coefficient (Wildman–Crippen LogP) is 3.66. The van der Waals surface area contributed by atoms with Crippen LogP contribution in [-0.2, 0) is 6.54 Å². The van der Waals surface area contributed by atoms with Gasteiger partial charge in [-0.2, -0.15) is 9.50 Å². The van der Waals surface area contributed by atoms with Gasteiger partial charge in [0.2, 0.25) is 5.78 Å². The first-order valence-electron chi connectivity index (χ1n) is 8.14. The van der Waals surface area contributed by atoms with Gasteiger partial charge in [-0.25, -0.2) is 0 Å². The number of nitrogens with one attached hydrogen (secondary N) is 2. The van der Waals surface area contributed by atoms with Crippen LogP contribution < -0.4 is 10.9 Å². The Hall–Kier alpha value is -3.12. The Morgan fingerprint density at radius 2 is 1.92 bits per heavy atom. The molecule has 0 fully saturated rings. The number of benzene rings is 2. The van der Waals surface area contributed by atoms with E-state index in [1.54, 1.807) is 0 Å². The van der Waals surface area contributed by atoms with Gasteiger partial charge in [0.05, 0.1) is 17.3 Å². The third-order valence-electron chi connectivity index (χ3n) is 4.04.